The van der Waals surface area contributed by atoms with E-state index in [1.54, 1.807) is 24.3 Å². The van der Waals surface area contributed by atoms with Gasteiger partial charge in [-0.1, -0.05) is 53.2 Å². The molecule has 1 heterocycles. The predicted octanol–water partition coefficient (Wildman–Crippen LogP) is 5.85. The summed E-state index contributed by atoms with van der Waals surface area (Å²) < 4.78 is 13.2. The minimum atomic E-state index is -0.681. The van der Waals surface area contributed by atoms with Gasteiger partial charge in [0.1, 0.15) is 22.5 Å². The van der Waals surface area contributed by atoms with Crippen LogP contribution < -0.4 is 10.2 Å². The molecule has 34 heavy (non-hydrogen) atoms. The summed E-state index contributed by atoms with van der Waals surface area (Å²) in [6.45, 7) is 1.99. The topological polar surface area (TPSA) is 73.2 Å². The first-order valence-electron chi connectivity index (χ1n) is 10.4. The van der Waals surface area contributed by atoms with E-state index < -0.39 is 17.0 Å². The number of benzene rings is 3. The summed E-state index contributed by atoms with van der Waals surface area (Å²) in [6, 6.07) is 21.7. The Bertz CT molecular complexity index is 1300. The molecule has 4 rings (SSSR count). The second-order valence-corrected chi connectivity index (χ2v) is 9.33. The number of carbonyl (C=O) groups is 2. The number of rotatable bonds is 5. The molecule has 5 nitrogen and oxygen atoms in total. The van der Waals surface area contributed by atoms with Crippen molar-refractivity contribution in [3.63, 3.8) is 0 Å². The highest BCUT2D eigenvalue weighted by Crippen LogP contribution is 2.42. The van der Waals surface area contributed by atoms with Crippen LogP contribution in [0.25, 0.3) is 0 Å². The van der Waals surface area contributed by atoms with Gasteiger partial charge in [0.15, 0.2) is 0 Å². The van der Waals surface area contributed by atoms with Crippen LogP contribution >= 0.6 is 23.4 Å². The maximum absolute atomic E-state index is 13.5. The number of aryl methyl sites for hydroxylation is 1. The van der Waals surface area contributed by atoms with Crippen LogP contribution in [0, 0.1) is 24.1 Å². The molecular weight excluding hydrogens is 473 g/mol. The Morgan fingerprint density at radius 1 is 1.09 bits per heavy atom. The Labute approximate surface area is 205 Å². The second-order valence-electron chi connectivity index (χ2n) is 7.70. The van der Waals surface area contributed by atoms with Crippen molar-refractivity contribution in [3.8, 4) is 6.07 Å². The zero-order chi connectivity index (χ0) is 24.2. The summed E-state index contributed by atoms with van der Waals surface area (Å²) in [6.07, 6.45) is 0.440. The average molecular weight is 492 g/mol. The maximum Gasteiger partial charge on any atom is 0.269 e. The molecule has 0 radical (unpaired) electrons. The molecule has 2 amide bonds. The molecule has 3 aromatic rings. The van der Waals surface area contributed by atoms with E-state index in [1.807, 2.05) is 37.3 Å². The van der Waals surface area contributed by atoms with E-state index in [4.69, 9.17) is 11.6 Å². The molecule has 170 valence electrons. The second kappa shape index (κ2) is 10.1. The molecule has 0 aromatic heterocycles. The maximum atomic E-state index is 13.5. The van der Waals surface area contributed by atoms with Crippen LogP contribution in [0.15, 0.2) is 83.4 Å². The predicted molar refractivity (Wildman–Crippen MR) is 133 cm³/mol. The zero-order valence-corrected chi connectivity index (χ0v) is 19.7. The first kappa shape index (κ1) is 23.6. The molecule has 3 aromatic carbocycles. The lowest BCUT2D eigenvalue weighted by molar-refractivity contribution is -0.117. The van der Waals surface area contributed by atoms with Crippen LogP contribution in [0.5, 0.6) is 0 Å². The van der Waals surface area contributed by atoms with Crippen LogP contribution in [-0.4, -0.2) is 17.1 Å². The molecule has 0 spiro atoms. The molecule has 0 aliphatic carbocycles. The van der Waals surface area contributed by atoms with Crippen molar-refractivity contribution in [3.05, 3.63) is 105 Å². The lowest BCUT2D eigenvalue weighted by atomic mass is 10.1. The summed E-state index contributed by atoms with van der Waals surface area (Å²) in [5.74, 6) is -1.36. The highest BCUT2D eigenvalue weighted by Gasteiger charge is 2.40. The van der Waals surface area contributed by atoms with Crippen LogP contribution in [0.1, 0.15) is 11.1 Å². The van der Waals surface area contributed by atoms with E-state index in [-0.39, 0.29) is 16.5 Å². The van der Waals surface area contributed by atoms with Gasteiger partial charge in [-0.2, -0.15) is 5.26 Å². The summed E-state index contributed by atoms with van der Waals surface area (Å²) >= 11 is 7.20. The average Bonchev–Trinajstić information content (AvgIpc) is 3.13. The van der Waals surface area contributed by atoms with Crippen molar-refractivity contribution in [1.82, 2.24) is 0 Å². The molecule has 1 N–H and O–H groups in total. The normalized spacial score (nSPS) is 16.8. The molecule has 0 bridgehead atoms. The Hall–Kier alpha value is -3.60. The molecule has 1 atom stereocenters. The van der Waals surface area contributed by atoms with Gasteiger partial charge < -0.3 is 5.32 Å². The fourth-order valence-corrected chi connectivity index (χ4v) is 4.91. The van der Waals surface area contributed by atoms with Crippen LogP contribution in [0.2, 0.25) is 5.02 Å². The standard InChI is InChI=1S/C26H19ClFN3O2S/c1-16-2-4-17(5-3-16)14-23-25(33)31(21-12-6-18(27)7-13-21)26(34-23)22(15-29)24(32)30-20-10-8-19(28)9-11-20/h2-13,23H,14H2,1H3,(H,30,32). The van der Waals surface area contributed by atoms with Gasteiger partial charge in [-0.15, -0.1) is 0 Å². The van der Waals surface area contributed by atoms with Crippen molar-refractivity contribution in [2.24, 2.45) is 0 Å². The molecule has 1 saturated heterocycles. The quantitative estimate of drug-likeness (QED) is 0.359. The van der Waals surface area contributed by atoms with Gasteiger partial charge in [0.25, 0.3) is 5.91 Å². The van der Waals surface area contributed by atoms with Crippen molar-refractivity contribution < 1.29 is 14.0 Å². The lowest BCUT2D eigenvalue weighted by Crippen LogP contribution is -2.30. The number of thioether (sulfide) groups is 1. The number of anilines is 2. The number of hydrogen-bond donors (Lipinski definition) is 1. The number of hydrogen-bond acceptors (Lipinski definition) is 4. The van der Waals surface area contributed by atoms with Gasteiger partial charge in [0.05, 0.1) is 5.25 Å². The van der Waals surface area contributed by atoms with Crippen LogP contribution in [-0.2, 0) is 16.0 Å². The Morgan fingerprint density at radius 3 is 2.35 bits per heavy atom. The number of nitrogens with one attached hydrogen (secondary N) is 1. The van der Waals surface area contributed by atoms with Gasteiger partial charge in [-0.3, -0.25) is 14.5 Å². The number of nitriles is 1. The number of halogens is 2. The molecular formula is C26H19ClFN3O2S. The number of carbonyl (C=O) groups excluding carboxylic acids is 2. The third-order valence-electron chi connectivity index (χ3n) is 5.23. The highest BCUT2D eigenvalue weighted by atomic mass is 35.5. The van der Waals surface area contributed by atoms with E-state index in [2.05, 4.69) is 5.32 Å². The lowest BCUT2D eigenvalue weighted by Gasteiger charge is -2.19. The first-order chi connectivity index (χ1) is 16.4. The fraction of sp³-hybridized carbons (Fsp3) is 0.115. The SMILES string of the molecule is Cc1ccc(CC2SC(=C(C#N)C(=O)Nc3ccc(F)cc3)N(c3ccc(Cl)cc3)C2=O)cc1. The van der Waals surface area contributed by atoms with Crippen LogP contribution in [0.4, 0.5) is 15.8 Å². The van der Waals surface area contributed by atoms with Gasteiger partial charge >= 0.3 is 0 Å². The van der Waals surface area contributed by atoms with E-state index in [9.17, 15) is 19.2 Å². The smallest absolute Gasteiger partial charge is 0.269 e. The van der Waals surface area contributed by atoms with Crippen molar-refractivity contribution in [2.75, 3.05) is 10.2 Å². The monoisotopic (exact) mass is 491 g/mol. The van der Waals surface area contributed by atoms with Crippen molar-refractivity contribution >= 4 is 46.6 Å². The Balaban J connectivity index is 1.71. The highest BCUT2D eigenvalue weighted by molar-refractivity contribution is 8.05. The molecule has 1 aliphatic rings. The molecule has 8 heteroatoms. The third-order valence-corrected chi connectivity index (χ3v) is 6.75. The van der Waals surface area contributed by atoms with E-state index in [0.717, 1.165) is 11.1 Å². The van der Waals surface area contributed by atoms with E-state index in [1.165, 1.54) is 40.9 Å². The molecule has 0 saturated carbocycles. The van der Waals surface area contributed by atoms with Crippen molar-refractivity contribution in [1.29, 1.82) is 5.26 Å². The van der Waals surface area contributed by atoms with E-state index >= 15 is 0 Å². The van der Waals surface area contributed by atoms with Gasteiger partial charge in [-0.25, -0.2) is 4.39 Å². The van der Waals surface area contributed by atoms with Crippen LogP contribution in [0.3, 0.4) is 0 Å². The summed E-state index contributed by atoms with van der Waals surface area (Å²) in [7, 11) is 0. The molecule has 1 fully saturated rings. The number of amides is 2. The number of nitrogens with zero attached hydrogens (tertiary/aromatic N) is 2. The molecule has 1 unspecified atom stereocenters. The summed E-state index contributed by atoms with van der Waals surface area (Å²) in [5, 5.41) is 12.7. The summed E-state index contributed by atoms with van der Waals surface area (Å²) in [4.78, 5) is 27.9. The zero-order valence-electron chi connectivity index (χ0n) is 18.1. The summed E-state index contributed by atoms with van der Waals surface area (Å²) in [5.41, 5.74) is 2.72. The molecule has 1 aliphatic heterocycles. The van der Waals surface area contributed by atoms with Gasteiger partial charge in [-0.05, 0) is 67.4 Å². The Morgan fingerprint density at radius 2 is 1.74 bits per heavy atom. The minimum Gasteiger partial charge on any atom is -0.321 e. The first-order valence-corrected chi connectivity index (χ1v) is 11.6. The van der Waals surface area contributed by atoms with Gasteiger partial charge in [0, 0.05) is 16.4 Å². The fourth-order valence-electron chi connectivity index (χ4n) is 3.48. The van der Waals surface area contributed by atoms with Gasteiger partial charge in [0.2, 0.25) is 5.91 Å². The van der Waals surface area contributed by atoms with Crippen molar-refractivity contribution in [2.45, 2.75) is 18.6 Å². The van der Waals surface area contributed by atoms with E-state index in [0.29, 0.717) is 22.8 Å². The largest absolute Gasteiger partial charge is 0.321 e. The third kappa shape index (κ3) is 5.14. The minimum absolute atomic E-state index is 0.205. The Kier molecular flexibility index (Phi) is 7.01.